The van der Waals surface area contributed by atoms with Gasteiger partial charge in [0.05, 0.1) is 19.0 Å². The fraction of sp³-hybridized carbons (Fsp3) is 0.550. The second-order valence-electron chi connectivity index (χ2n) is 9.19. The highest BCUT2D eigenvalue weighted by atomic mass is 31.2. The molecule has 2 aliphatic rings. The molecule has 21 heteroatoms. The average molecular weight is 599 g/mol. The number of aliphatic hydroxyl groups excluding tert-OH is 1. The van der Waals surface area contributed by atoms with E-state index < -0.39 is 68.5 Å². The number of nitrogens with one attached hydrogen (secondary N) is 1. The zero-order valence-corrected chi connectivity index (χ0v) is 22.2. The molecule has 3 unspecified atom stereocenters. The summed E-state index contributed by atoms with van der Waals surface area (Å²) in [6.07, 6.45) is -4.05. The van der Waals surface area contributed by atoms with Crippen molar-refractivity contribution in [2.24, 2.45) is 0 Å². The van der Waals surface area contributed by atoms with Gasteiger partial charge >= 0.3 is 19.5 Å². The second-order valence-corrected chi connectivity index (χ2v) is 10.6. The van der Waals surface area contributed by atoms with Gasteiger partial charge in [0.25, 0.3) is 5.56 Å². The van der Waals surface area contributed by atoms with Crippen LogP contribution in [0.5, 0.6) is 0 Å². The summed E-state index contributed by atoms with van der Waals surface area (Å²) >= 11 is 0. The Labute approximate surface area is 228 Å². The molecule has 5 rings (SSSR count). The number of nitrogens with zero attached hydrogens (tertiary/aromatic N) is 6. The smallest absolute Gasteiger partial charge is 0.463 e. The SMILES string of the molecule is CC(=O)OC[C@H]1O[C@@H](n2cnc(N)nc2=O)CC1OP(=O)(O)OC[C@H]1O[C@@H](n2cnc3c(=O)[nH]c(N)nc32)CC1O. The van der Waals surface area contributed by atoms with Crippen molar-refractivity contribution in [3.63, 3.8) is 0 Å². The third-order valence-electron chi connectivity index (χ3n) is 6.32. The molecule has 2 aliphatic heterocycles. The molecule has 0 amide bonds. The van der Waals surface area contributed by atoms with E-state index in [9.17, 15) is 28.9 Å². The maximum atomic E-state index is 12.9. The molecule has 3 aromatic heterocycles. The lowest BCUT2D eigenvalue weighted by atomic mass is 10.2. The first kappa shape index (κ1) is 28.7. The van der Waals surface area contributed by atoms with Crippen LogP contribution in [-0.2, 0) is 32.6 Å². The van der Waals surface area contributed by atoms with Crippen LogP contribution >= 0.6 is 7.82 Å². The normalized spacial score (nSPS) is 27.7. The van der Waals surface area contributed by atoms with Gasteiger partial charge in [0.1, 0.15) is 43.7 Å². The molecule has 2 fully saturated rings. The first-order valence-electron chi connectivity index (χ1n) is 12.1. The van der Waals surface area contributed by atoms with Gasteiger partial charge in [-0.2, -0.15) is 9.97 Å². The maximum absolute atomic E-state index is 12.9. The molecule has 0 aliphatic carbocycles. The van der Waals surface area contributed by atoms with E-state index in [-0.39, 0.29) is 42.5 Å². The number of carbonyl (C=O) groups excluding carboxylic acids is 1. The Bertz CT molecular complexity index is 1610. The first-order valence-corrected chi connectivity index (χ1v) is 13.6. The van der Waals surface area contributed by atoms with Crippen molar-refractivity contribution >= 4 is 36.9 Å². The monoisotopic (exact) mass is 599 g/mol. The summed E-state index contributed by atoms with van der Waals surface area (Å²) in [7, 11) is -4.82. The number of fused-ring (bicyclic) bond motifs is 1. The molecule has 222 valence electrons. The van der Waals surface area contributed by atoms with Gasteiger partial charge in [-0.05, 0) is 0 Å². The Morgan fingerprint density at radius 3 is 2.56 bits per heavy atom. The zero-order valence-electron chi connectivity index (χ0n) is 21.3. The summed E-state index contributed by atoms with van der Waals surface area (Å²) in [6.45, 7) is 0.245. The minimum atomic E-state index is -4.82. The second kappa shape index (κ2) is 11.2. The number of hydrogen-bond donors (Lipinski definition) is 5. The fourth-order valence-electron chi connectivity index (χ4n) is 4.44. The fourth-order valence-corrected chi connectivity index (χ4v) is 5.40. The van der Waals surface area contributed by atoms with Crippen molar-refractivity contribution in [1.29, 1.82) is 0 Å². The Morgan fingerprint density at radius 1 is 1.12 bits per heavy atom. The Balaban J connectivity index is 1.24. The quantitative estimate of drug-likeness (QED) is 0.130. The first-order chi connectivity index (χ1) is 19.4. The Morgan fingerprint density at radius 2 is 1.83 bits per heavy atom. The lowest BCUT2D eigenvalue weighted by Gasteiger charge is -2.22. The van der Waals surface area contributed by atoms with E-state index in [1.54, 1.807) is 0 Å². The maximum Gasteiger partial charge on any atom is 0.472 e. The van der Waals surface area contributed by atoms with Crippen LogP contribution in [0.3, 0.4) is 0 Å². The summed E-state index contributed by atoms with van der Waals surface area (Å²) in [4.78, 5) is 63.6. The highest BCUT2D eigenvalue weighted by Gasteiger charge is 2.44. The number of nitrogens with two attached hydrogens (primary N) is 2. The average Bonchev–Trinajstić information content (AvgIpc) is 3.58. The van der Waals surface area contributed by atoms with E-state index in [1.807, 2.05) is 0 Å². The van der Waals surface area contributed by atoms with Crippen LogP contribution < -0.4 is 22.7 Å². The number of nitrogen functional groups attached to an aromatic ring is 2. The molecule has 5 heterocycles. The van der Waals surface area contributed by atoms with Gasteiger partial charge in [0, 0.05) is 19.8 Å². The summed E-state index contributed by atoms with van der Waals surface area (Å²) < 4.78 is 42.1. The molecule has 2 saturated heterocycles. The number of carbonyl (C=O) groups is 1. The number of anilines is 2. The van der Waals surface area contributed by atoms with Crippen LogP contribution in [-0.4, -0.2) is 87.7 Å². The topological polar surface area (TPSA) is 284 Å². The van der Waals surface area contributed by atoms with Crippen LogP contribution in [0.15, 0.2) is 22.2 Å². The molecule has 0 aromatic carbocycles. The van der Waals surface area contributed by atoms with Crippen molar-refractivity contribution in [2.45, 2.75) is 56.6 Å². The Kier molecular flexibility index (Phi) is 7.88. The van der Waals surface area contributed by atoms with Gasteiger partial charge in [-0.15, -0.1) is 0 Å². The number of hydrogen-bond acceptors (Lipinski definition) is 16. The van der Waals surface area contributed by atoms with Gasteiger partial charge in [-0.3, -0.25) is 32.8 Å². The van der Waals surface area contributed by atoms with E-state index in [4.69, 9.17) is 34.7 Å². The minimum absolute atomic E-state index is 0.0124. The van der Waals surface area contributed by atoms with Crippen LogP contribution in [0.2, 0.25) is 0 Å². The number of rotatable bonds is 9. The number of imidazole rings is 1. The van der Waals surface area contributed by atoms with Gasteiger partial charge in [-0.25, -0.2) is 19.3 Å². The molecule has 20 nitrogen and oxygen atoms in total. The van der Waals surface area contributed by atoms with Gasteiger partial charge in [0.2, 0.25) is 11.9 Å². The number of aromatic amines is 1. The molecule has 7 atom stereocenters. The molecule has 0 bridgehead atoms. The van der Waals surface area contributed by atoms with Gasteiger partial charge < -0.3 is 35.7 Å². The molecule has 7 N–H and O–H groups in total. The van der Waals surface area contributed by atoms with Crippen LogP contribution in [0.1, 0.15) is 32.2 Å². The number of phosphoric acid groups is 1. The predicted molar refractivity (Wildman–Crippen MR) is 134 cm³/mol. The summed E-state index contributed by atoms with van der Waals surface area (Å²) in [5, 5.41) is 10.5. The van der Waals surface area contributed by atoms with Crippen molar-refractivity contribution in [3.8, 4) is 0 Å². The summed E-state index contributed by atoms with van der Waals surface area (Å²) in [5.74, 6) is -1.03. The summed E-state index contributed by atoms with van der Waals surface area (Å²) in [6, 6.07) is 0. The Hall–Kier alpha value is -3.78. The molecular weight excluding hydrogens is 573 g/mol. The van der Waals surface area contributed by atoms with E-state index in [0.29, 0.717) is 0 Å². The number of H-pyrrole nitrogens is 1. The molecule has 3 aromatic rings. The lowest BCUT2D eigenvalue weighted by Crippen LogP contribution is -2.31. The van der Waals surface area contributed by atoms with Crippen LogP contribution in [0.4, 0.5) is 11.9 Å². The van der Waals surface area contributed by atoms with Crippen LogP contribution in [0, 0.1) is 0 Å². The zero-order chi connectivity index (χ0) is 29.5. The van der Waals surface area contributed by atoms with E-state index in [0.717, 1.165) is 17.8 Å². The van der Waals surface area contributed by atoms with Gasteiger partial charge in [0.15, 0.2) is 11.2 Å². The molecule has 0 spiro atoms. The van der Waals surface area contributed by atoms with E-state index >= 15 is 0 Å². The van der Waals surface area contributed by atoms with Gasteiger partial charge in [-0.1, -0.05) is 0 Å². The van der Waals surface area contributed by atoms with E-state index in [1.165, 1.54) is 10.9 Å². The predicted octanol–water partition coefficient (Wildman–Crippen LogP) is -2.06. The third kappa shape index (κ3) is 6.27. The number of aliphatic hydroxyl groups is 1. The standard InChI is InChI=1S/C20H26N9O11P/c1-8(30)36-4-12-10(3-14(39-12)29-7-24-18(21)27-20(29)33)40-41(34,35)37-5-11-9(31)2-13(38-11)28-6-23-15-16(28)25-19(22)26-17(15)32/h6-7,9-14,31H,2-5H2,1H3,(H,34,35)(H2,21,27,33)(H3,22,25,26,32)/t9?,10?,11-,12-,13-,14-/m1/s1. The third-order valence-corrected chi connectivity index (χ3v) is 7.34. The van der Waals surface area contributed by atoms with Crippen molar-refractivity contribution in [1.82, 2.24) is 34.1 Å². The number of esters is 1. The van der Waals surface area contributed by atoms with Crippen molar-refractivity contribution in [3.05, 3.63) is 33.5 Å². The number of ether oxygens (including phenoxy) is 3. The lowest BCUT2D eigenvalue weighted by molar-refractivity contribution is -0.147. The van der Waals surface area contributed by atoms with Crippen LogP contribution in [0.25, 0.3) is 11.2 Å². The summed E-state index contributed by atoms with van der Waals surface area (Å²) in [5.41, 5.74) is 9.83. The highest BCUT2D eigenvalue weighted by molar-refractivity contribution is 7.47. The van der Waals surface area contributed by atoms with Crippen molar-refractivity contribution < 1.29 is 42.6 Å². The van der Waals surface area contributed by atoms with Crippen molar-refractivity contribution in [2.75, 3.05) is 24.7 Å². The largest absolute Gasteiger partial charge is 0.472 e. The molecule has 0 saturated carbocycles. The number of phosphoric ester groups is 1. The molecule has 0 radical (unpaired) electrons. The highest BCUT2D eigenvalue weighted by Crippen LogP contribution is 2.49. The molecular formula is C20H26N9O11P. The molecule has 41 heavy (non-hydrogen) atoms. The van der Waals surface area contributed by atoms with E-state index in [2.05, 4.69) is 24.9 Å². The minimum Gasteiger partial charge on any atom is -0.463 e. The number of aromatic nitrogens is 7.